The maximum atomic E-state index is 3.78. The number of likely N-dealkylation sites (tertiary alicyclic amines) is 1. The molecule has 1 aromatic carbocycles. The predicted octanol–water partition coefficient (Wildman–Crippen LogP) is 3.56. The van der Waals surface area contributed by atoms with E-state index in [-0.39, 0.29) is 0 Å². The van der Waals surface area contributed by atoms with Crippen LogP contribution in [-0.2, 0) is 0 Å². The van der Waals surface area contributed by atoms with E-state index < -0.39 is 0 Å². The summed E-state index contributed by atoms with van der Waals surface area (Å²) in [4.78, 5) is 2.63. The topological polar surface area (TPSA) is 15.3 Å². The molecule has 2 nitrogen and oxygen atoms in total. The Morgan fingerprint density at radius 3 is 2.48 bits per heavy atom. The third kappa shape index (κ3) is 4.08. The van der Waals surface area contributed by atoms with Gasteiger partial charge in [0.15, 0.2) is 0 Å². The molecule has 0 spiro atoms. The molecule has 116 valence electrons. The van der Waals surface area contributed by atoms with Gasteiger partial charge < -0.3 is 10.2 Å². The van der Waals surface area contributed by atoms with Gasteiger partial charge in [0.1, 0.15) is 0 Å². The summed E-state index contributed by atoms with van der Waals surface area (Å²) in [5, 5.41) is 3.78. The molecule has 0 amide bonds. The molecule has 0 radical (unpaired) electrons. The highest BCUT2D eigenvalue weighted by Gasteiger charge is 2.30. The third-order valence-corrected chi connectivity index (χ3v) is 5.21. The van der Waals surface area contributed by atoms with Crippen LogP contribution < -0.4 is 5.32 Å². The van der Waals surface area contributed by atoms with Crippen molar-refractivity contribution in [3.05, 3.63) is 35.4 Å². The van der Waals surface area contributed by atoms with Crippen molar-refractivity contribution in [3.63, 3.8) is 0 Å². The van der Waals surface area contributed by atoms with Crippen LogP contribution in [-0.4, -0.2) is 37.1 Å². The summed E-state index contributed by atoms with van der Waals surface area (Å²) in [6, 6.07) is 9.86. The third-order valence-electron chi connectivity index (χ3n) is 5.21. The van der Waals surface area contributed by atoms with Gasteiger partial charge in [-0.15, -0.1) is 0 Å². The summed E-state index contributed by atoms with van der Waals surface area (Å²) >= 11 is 0. The Kier molecular flexibility index (Phi) is 4.97. The van der Waals surface area contributed by atoms with Crippen molar-refractivity contribution in [2.45, 2.75) is 51.5 Å². The summed E-state index contributed by atoms with van der Waals surface area (Å²) in [5.74, 6) is 1.57. The molecule has 1 N–H and O–H groups in total. The van der Waals surface area contributed by atoms with Crippen LogP contribution in [0.3, 0.4) is 0 Å². The zero-order valence-electron chi connectivity index (χ0n) is 13.6. The van der Waals surface area contributed by atoms with Gasteiger partial charge in [-0.1, -0.05) is 36.8 Å². The van der Waals surface area contributed by atoms with Crippen LogP contribution in [0.2, 0.25) is 0 Å². The lowest BCUT2D eigenvalue weighted by Crippen LogP contribution is -2.43. The molecule has 1 saturated carbocycles. The molecule has 0 aromatic heterocycles. The minimum absolute atomic E-state index is 0.748. The number of hydrogen-bond donors (Lipinski definition) is 1. The molecular formula is C19H30N2. The second-order valence-electron chi connectivity index (χ2n) is 7.30. The first-order valence-corrected chi connectivity index (χ1v) is 8.73. The number of nitrogens with one attached hydrogen (secondary N) is 1. The lowest BCUT2D eigenvalue weighted by molar-refractivity contribution is 0.245. The van der Waals surface area contributed by atoms with Gasteiger partial charge in [0.05, 0.1) is 0 Å². The molecule has 0 bridgehead atoms. The van der Waals surface area contributed by atoms with Crippen LogP contribution in [0.1, 0.15) is 49.7 Å². The molecule has 1 aliphatic heterocycles. The monoisotopic (exact) mass is 286 g/mol. The van der Waals surface area contributed by atoms with Gasteiger partial charge >= 0.3 is 0 Å². The average Bonchev–Trinajstić information content (AvgIpc) is 2.91. The van der Waals surface area contributed by atoms with E-state index in [4.69, 9.17) is 0 Å². The lowest BCUT2D eigenvalue weighted by atomic mass is 9.75. The van der Waals surface area contributed by atoms with Crippen molar-refractivity contribution < 1.29 is 0 Å². The SMILES string of the molecule is Cc1ccc(C2CC(NCC(C)CN3CCCC3)C2)cc1. The maximum absolute atomic E-state index is 3.78. The van der Waals surface area contributed by atoms with Crippen LogP contribution in [0.4, 0.5) is 0 Å². The van der Waals surface area contributed by atoms with Crippen molar-refractivity contribution in [2.24, 2.45) is 5.92 Å². The Morgan fingerprint density at radius 2 is 1.81 bits per heavy atom. The zero-order valence-corrected chi connectivity index (χ0v) is 13.6. The quantitative estimate of drug-likeness (QED) is 0.860. The van der Waals surface area contributed by atoms with Gasteiger partial charge in [0.25, 0.3) is 0 Å². The zero-order chi connectivity index (χ0) is 14.7. The average molecular weight is 286 g/mol. The van der Waals surface area contributed by atoms with E-state index >= 15 is 0 Å². The molecule has 2 heteroatoms. The van der Waals surface area contributed by atoms with Gasteiger partial charge in [-0.05, 0) is 69.6 Å². The highest BCUT2D eigenvalue weighted by Crippen LogP contribution is 2.36. The lowest BCUT2D eigenvalue weighted by Gasteiger charge is -2.37. The highest BCUT2D eigenvalue weighted by molar-refractivity contribution is 5.26. The van der Waals surface area contributed by atoms with E-state index in [9.17, 15) is 0 Å². The van der Waals surface area contributed by atoms with Gasteiger partial charge in [-0.25, -0.2) is 0 Å². The molecule has 1 aromatic rings. The first-order chi connectivity index (χ1) is 10.2. The number of nitrogens with zero attached hydrogens (tertiary/aromatic N) is 1. The highest BCUT2D eigenvalue weighted by atomic mass is 15.1. The van der Waals surface area contributed by atoms with E-state index in [0.29, 0.717) is 0 Å². The largest absolute Gasteiger partial charge is 0.314 e. The molecular weight excluding hydrogens is 256 g/mol. The second kappa shape index (κ2) is 6.93. The molecule has 1 unspecified atom stereocenters. The molecule has 1 aliphatic carbocycles. The molecule has 2 aliphatic rings. The second-order valence-corrected chi connectivity index (χ2v) is 7.30. The van der Waals surface area contributed by atoms with Crippen molar-refractivity contribution in [3.8, 4) is 0 Å². The molecule has 3 rings (SSSR count). The minimum Gasteiger partial charge on any atom is -0.314 e. The fourth-order valence-electron chi connectivity index (χ4n) is 3.73. The summed E-state index contributed by atoms with van der Waals surface area (Å²) in [7, 11) is 0. The number of benzene rings is 1. The standard InChI is InChI=1S/C19H30N2/c1-15-5-7-17(8-6-15)18-11-19(12-18)20-13-16(2)14-21-9-3-4-10-21/h5-8,16,18-20H,3-4,9-14H2,1-2H3. The van der Waals surface area contributed by atoms with Crippen LogP contribution in [0.5, 0.6) is 0 Å². The van der Waals surface area contributed by atoms with Gasteiger partial charge in [0, 0.05) is 12.6 Å². The summed E-state index contributed by atoms with van der Waals surface area (Å²) in [5.41, 5.74) is 2.90. The van der Waals surface area contributed by atoms with Crippen LogP contribution in [0, 0.1) is 12.8 Å². The van der Waals surface area contributed by atoms with Gasteiger partial charge in [-0.2, -0.15) is 0 Å². The van der Waals surface area contributed by atoms with Crippen LogP contribution in [0.25, 0.3) is 0 Å². The number of aryl methyl sites for hydroxylation is 1. The van der Waals surface area contributed by atoms with E-state index in [1.807, 2.05) is 0 Å². The van der Waals surface area contributed by atoms with E-state index in [1.165, 1.54) is 63.0 Å². The van der Waals surface area contributed by atoms with E-state index in [1.54, 1.807) is 0 Å². The fraction of sp³-hybridized carbons (Fsp3) is 0.684. The first kappa shape index (κ1) is 15.1. The molecule has 21 heavy (non-hydrogen) atoms. The Bertz CT molecular complexity index is 427. The van der Waals surface area contributed by atoms with Crippen LogP contribution >= 0.6 is 0 Å². The van der Waals surface area contributed by atoms with Crippen molar-refractivity contribution >= 4 is 0 Å². The Morgan fingerprint density at radius 1 is 1.14 bits per heavy atom. The Hall–Kier alpha value is -0.860. The van der Waals surface area contributed by atoms with E-state index in [2.05, 4.69) is 48.3 Å². The fourth-order valence-corrected chi connectivity index (χ4v) is 3.73. The summed E-state index contributed by atoms with van der Waals surface area (Å²) in [6.07, 6.45) is 5.45. The Balaban J connectivity index is 1.34. The summed E-state index contributed by atoms with van der Waals surface area (Å²) < 4.78 is 0. The first-order valence-electron chi connectivity index (χ1n) is 8.73. The van der Waals surface area contributed by atoms with Crippen molar-refractivity contribution in [2.75, 3.05) is 26.2 Å². The van der Waals surface area contributed by atoms with Gasteiger partial charge in [-0.3, -0.25) is 0 Å². The predicted molar refractivity (Wildman–Crippen MR) is 89.8 cm³/mol. The molecule has 1 heterocycles. The van der Waals surface area contributed by atoms with Crippen molar-refractivity contribution in [1.29, 1.82) is 0 Å². The van der Waals surface area contributed by atoms with E-state index in [0.717, 1.165) is 17.9 Å². The molecule has 1 saturated heterocycles. The number of hydrogen-bond acceptors (Lipinski definition) is 2. The normalized spacial score (nSPS) is 27.5. The number of rotatable bonds is 6. The summed E-state index contributed by atoms with van der Waals surface area (Å²) in [6.45, 7) is 9.66. The van der Waals surface area contributed by atoms with Gasteiger partial charge in [0.2, 0.25) is 0 Å². The smallest absolute Gasteiger partial charge is 0.00788 e. The van der Waals surface area contributed by atoms with Crippen LogP contribution in [0.15, 0.2) is 24.3 Å². The Labute approximate surface area is 129 Å². The molecule has 2 fully saturated rings. The minimum atomic E-state index is 0.748. The van der Waals surface area contributed by atoms with Crippen molar-refractivity contribution in [1.82, 2.24) is 10.2 Å². The maximum Gasteiger partial charge on any atom is 0.00788 e. The molecule has 1 atom stereocenters.